The molecule has 1 amide bonds. The number of nitrogens with one attached hydrogen (secondary N) is 1. The Kier molecular flexibility index (Phi) is 13.5. The Bertz CT molecular complexity index is 1780. The third-order valence-electron chi connectivity index (χ3n) is 9.23. The van der Waals surface area contributed by atoms with E-state index in [-0.39, 0.29) is 64.6 Å². The molecule has 3 atom stereocenters. The minimum Gasteiger partial charge on any atom is -0.493 e. The van der Waals surface area contributed by atoms with Crippen LogP contribution >= 0.6 is 0 Å². The first-order chi connectivity index (χ1) is 26.8. The van der Waals surface area contributed by atoms with Crippen molar-refractivity contribution < 1.29 is 72.5 Å². The summed E-state index contributed by atoms with van der Waals surface area (Å²) in [4.78, 5) is 36.3. The molecule has 0 bridgehead atoms. The van der Waals surface area contributed by atoms with E-state index in [2.05, 4.69) is 10.5 Å². The molecule has 3 heterocycles. The maximum Gasteiger partial charge on any atom is 0.335 e. The number of hydrogen-bond donors (Lipinski definition) is 4. The highest BCUT2D eigenvalue weighted by Gasteiger charge is 2.49. The van der Waals surface area contributed by atoms with E-state index in [0.717, 1.165) is 16.7 Å². The molecule has 3 aliphatic rings. The molecule has 2 aromatic carbocycles. The lowest BCUT2D eigenvalue weighted by molar-refractivity contribution is -0.146. The van der Waals surface area contributed by atoms with Crippen molar-refractivity contribution in [3.05, 3.63) is 58.7 Å². The van der Waals surface area contributed by atoms with Crippen molar-refractivity contribution in [1.29, 1.82) is 0 Å². The number of aromatic hydroxyl groups is 2. The Hall–Kier alpha value is -5.27. The number of aliphatic hydroxyl groups excluding tert-OH is 1. The topological polar surface area (TPSA) is 216 Å². The van der Waals surface area contributed by atoms with Crippen molar-refractivity contribution >= 4 is 17.6 Å². The minimum atomic E-state index is -0.684. The van der Waals surface area contributed by atoms with Crippen molar-refractivity contribution in [3.63, 3.8) is 0 Å². The summed E-state index contributed by atoms with van der Waals surface area (Å²) in [6, 6.07) is 9.79. The molecule has 18 heteroatoms. The molecule has 0 spiro atoms. The standard InChI is InChI=1S/C37H45N3O15/c1-46-29-16-22(15-23(19-41)36(29)47-2)33-24-17-27-28(53-21-52-27)18-25(24)35-26(20-54-39-35)34(33)37(45)38-6-8-49-10-12-51-14-13-50-11-9-48-7-5-32(44)55-40-30(42)3-4-31(40)43/h3-4,15-18,26,33-34,41-43H,5-14,19-21H2,1-2H3,(H,38,45)/t26?,33-,34+/m1/s1. The number of rotatable bonds is 21. The van der Waals surface area contributed by atoms with E-state index in [9.17, 15) is 24.9 Å². The van der Waals surface area contributed by atoms with Crippen LogP contribution in [0.2, 0.25) is 0 Å². The summed E-state index contributed by atoms with van der Waals surface area (Å²) < 4.78 is 45.2. The summed E-state index contributed by atoms with van der Waals surface area (Å²) in [5.41, 5.74) is 3.53. The molecule has 2 aliphatic heterocycles. The van der Waals surface area contributed by atoms with Crippen LogP contribution in [0.5, 0.6) is 34.8 Å². The van der Waals surface area contributed by atoms with Gasteiger partial charge in [0.2, 0.25) is 24.5 Å². The van der Waals surface area contributed by atoms with Gasteiger partial charge in [0.15, 0.2) is 23.0 Å². The quantitative estimate of drug-likeness (QED) is 0.113. The summed E-state index contributed by atoms with van der Waals surface area (Å²) in [5.74, 6) is -1.19. The Morgan fingerprint density at radius 3 is 2.18 bits per heavy atom. The predicted octanol–water partition coefficient (Wildman–Crippen LogP) is 1.48. The average Bonchev–Trinajstić information content (AvgIpc) is 3.95. The van der Waals surface area contributed by atoms with Crippen LogP contribution in [-0.2, 0) is 40.0 Å². The number of nitrogens with zero attached hydrogens (tertiary/aromatic N) is 2. The lowest BCUT2D eigenvalue weighted by Crippen LogP contribution is -2.46. The molecule has 18 nitrogen and oxygen atoms in total. The van der Waals surface area contributed by atoms with Crippen molar-refractivity contribution in [2.75, 3.05) is 87.0 Å². The van der Waals surface area contributed by atoms with E-state index in [1.54, 1.807) is 0 Å². The van der Waals surface area contributed by atoms with Gasteiger partial charge in [-0.2, -0.15) is 0 Å². The second-order valence-corrected chi connectivity index (χ2v) is 12.5. The van der Waals surface area contributed by atoms with E-state index in [1.807, 2.05) is 24.3 Å². The summed E-state index contributed by atoms with van der Waals surface area (Å²) >= 11 is 0. The average molecular weight is 772 g/mol. The monoisotopic (exact) mass is 771 g/mol. The van der Waals surface area contributed by atoms with Crippen molar-refractivity contribution in [2.45, 2.75) is 18.9 Å². The van der Waals surface area contributed by atoms with Gasteiger partial charge in [0.1, 0.15) is 6.61 Å². The van der Waals surface area contributed by atoms with Crippen LogP contribution in [0.3, 0.4) is 0 Å². The number of benzene rings is 2. The molecule has 55 heavy (non-hydrogen) atoms. The molecule has 1 aromatic heterocycles. The molecule has 4 N–H and O–H groups in total. The third kappa shape index (κ3) is 9.17. The van der Waals surface area contributed by atoms with E-state index >= 15 is 0 Å². The molecule has 6 rings (SSSR count). The Balaban J connectivity index is 0.937. The highest BCUT2D eigenvalue weighted by atomic mass is 16.7. The fraction of sp³-hybridized carbons (Fsp3) is 0.486. The van der Waals surface area contributed by atoms with Gasteiger partial charge in [0.25, 0.3) is 0 Å². The number of aromatic nitrogens is 1. The number of ether oxygens (including phenoxy) is 8. The van der Waals surface area contributed by atoms with Gasteiger partial charge in [-0.1, -0.05) is 5.16 Å². The Labute approximate surface area is 316 Å². The van der Waals surface area contributed by atoms with Gasteiger partial charge in [-0.3, -0.25) is 4.79 Å². The van der Waals surface area contributed by atoms with Crippen molar-refractivity contribution in [3.8, 4) is 34.8 Å². The molecule has 0 fully saturated rings. The second kappa shape index (κ2) is 18.9. The Morgan fingerprint density at radius 1 is 0.873 bits per heavy atom. The largest absolute Gasteiger partial charge is 0.493 e. The fourth-order valence-corrected chi connectivity index (χ4v) is 6.73. The van der Waals surface area contributed by atoms with Crippen LogP contribution in [-0.4, -0.2) is 125 Å². The fourth-order valence-electron chi connectivity index (χ4n) is 6.73. The van der Waals surface area contributed by atoms with Gasteiger partial charge in [-0.25, -0.2) is 4.79 Å². The predicted molar refractivity (Wildman–Crippen MR) is 190 cm³/mol. The number of amides is 1. The molecule has 1 unspecified atom stereocenters. The normalized spacial score (nSPS) is 17.9. The minimum absolute atomic E-state index is 0.0784. The molecule has 0 saturated heterocycles. The number of hydrogen-bond acceptors (Lipinski definition) is 16. The molecule has 0 saturated carbocycles. The number of carbonyl (C=O) groups is 2. The molecular formula is C37H45N3O15. The SMILES string of the molecule is COc1cc([C@@H]2c3cc4c(cc3C3=NOCC3[C@@H]2C(=O)NCCOCCOCCOCCOCCC(=O)On2c(O)ccc2O)OCO4)cc(CO)c1OC. The maximum absolute atomic E-state index is 14.1. The van der Waals surface area contributed by atoms with Crippen LogP contribution < -0.4 is 29.1 Å². The summed E-state index contributed by atoms with van der Waals surface area (Å²) in [6.07, 6.45) is -0.0796. The van der Waals surface area contributed by atoms with Gasteiger partial charge < -0.3 is 68.2 Å². The van der Waals surface area contributed by atoms with Gasteiger partial charge in [0.05, 0.1) is 97.6 Å². The van der Waals surface area contributed by atoms with Crippen molar-refractivity contribution in [2.24, 2.45) is 17.0 Å². The molecule has 0 radical (unpaired) electrons. The van der Waals surface area contributed by atoms with E-state index < -0.39 is 29.6 Å². The highest BCUT2D eigenvalue weighted by Crippen LogP contribution is 2.51. The lowest BCUT2D eigenvalue weighted by Gasteiger charge is -2.37. The van der Waals surface area contributed by atoms with Crippen LogP contribution in [0.4, 0.5) is 0 Å². The lowest BCUT2D eigenvalue weighted by atomic mass is 9.65. The number of oxime groups is 1. The van der Waals surface area contributed by atoms with Crippen molar-refractivity contribution in [1.82, 2.24) is 10.0 Å². The van der Waals surface area contributed by atoms with Crippen LogP contribution in [0, 0.1) is 11.8 Å². The van der Waals surface area contributed by atoms with Gasteiger partial charge in [0, 0.05) is 35.7 Å². The highest BCUT2D eigenvalue weighted by molar-refractivity contribution is 6.08. The zero-order valence-electron chi connectivity index (χ0n) is 30.5. The Morgan fingerprint density at radius 2 is 1.53 bits per heavy atom. The number of fused-ring (bicyclic) bond motifs is 4. The summed E-state index contributed by atoms with van der Waals surface area (Å²) in [7, 11) is 3.03. The van der Waals surface area contributed by atoms with E-state index in [0.29, 0.717) is 72.0 Å². The van der Waals surface area contributed by atoms with E-state index in [1.165, 1.54) is 26.4 Å². The maximum atomic E-state index is 14.1. The number of aliphatic hydroxyl groups is 1. The smallest absolute Gasteiger partial charge is 0.335 e. The van der Waals surface area contributed by atoms with Gasteiger partial charge in [-0.15, -0.1) is 4.73 Å². The van der Waals surface area contributed by atoms with Crippen LogP contribution in [0.15, 0.2) is 41.6 Å². The molecule has 3 aromatic rings. The number of carbonyl (C=O) groups excluding carboxylic acids is 2. The van der Waals surface area contributed by atoms with Gasteiger partial charge >= 0.3 is 5.97 Å². The first kappa shape index (κ1) is 39.4. The summed E-state index contributed by atoms with van der Waals surface area (Å²) in [6.45, 7) is 2.43. The van der Waals surface area contributed by atoms with E-state index in [4.69, 9.17) is 47.6 Å². The third-order valence-corrected chi connectivity index (χ3v) is 9.23. The number of methoxy groups -OCH3 is 2. The zero-order chi connectivity index (χ0) is 38.7. The first-order valence-electron chi connectivity index (χ1n) is 17.7. The zero-order valence-corrected chi connectivity index (χ0v) is 30.5. The molecular weight excluding hydrogens is 726 g/mol. The first-order valence-corrected chi connectivity index (χ1v) is 17.7. The van der Waals surface area contributed by atoms with Gasteiger partial charge in [-0.05, 0) is 35.4 Å². The summed E-state index contributed by atoms with van der Waals surface area (Å²) in [5, 5.41) is 36.6. The van der Waals surface area contributed by atoms with Crippen LogP contribution in [0.1, 0.15) is 34.6 Å². The molecule has 1 aliphatic carbocycles. The second-order valence-electron chi connectivity index (χ2n) is 12.5. The van der Waals surface area contributed by atoms with Crippen LogP contribution in [0.25, 0.3) is 0 Å². The molecule has 298 valence electrons.